The Labute approximate surface area is 221 Å². The molecule has 0 aliphatic carbocycles. The lowest BCUT2D eigenvalue weighted by Crippen LogP contribution is -2.30. The Morgan fingerprint density at radius 2 is 1.61 bits per heavy atom. The number of aromatic nitrogens is 6. The molecule has 2 atom stereocenters. The largest absolute Gasteiger partial charge is 0.494 e. The molecule has 0 fully saturated rings. The third kappa shape index (κ3) is 5.36. The van der Waals surface area contributed by atoms with Crippen LogP contribution in [0.2, 0.25) is 0 Å². The van der Waals surface area contributed by atoms with Gasteiger partial charge in [0.25, 0.3) is 0 Å². The molecule has 0 bridgehead atoms. The summed E-state index contributed by atoms with van der Waals surface area (Å²) >= 11 is 0. The molecule has 4 aromatic rings. The molecule has 0 spiro atoms. The summed E-state index contributed by atoms with van der Waals surface area (Å²) in [6.45, 7) is 5.29. The van der Waals surface area contributed by atoms with Crippen LogP contribution in [0.4, 0.5) is 0 Å². The third-order valence-electron chi connectivity index (χ3n) is 6.14. The van der Waals surface area contributed by atoms with Crippen molar-refractivity contribution >= 4 is 9.84 Å². The summed E-state index contributed by atoms with van der Waals surface area (Å²) in [4.78, 5) is 12.8. The average molecular weight is 539 g/mol. The number of rotatable bonds is 10. The second kappa shape index (κ2) is 11.2. The number of pyridine rings is 1. The van der Waals surface area contributed by atoms with E-state index in [0.29, 0.717) is 28.6 Å². The lowest BCUT2D eigenvalue weighted by Gasteiger charge is -2.22. The highest BCUT2D eigenvalue weighted by atomic mass is 32.2. The number of para-hydroxylation sites is 1. The molecule has 0 N–H and O–H groups in total. The second-order valence-electron chi connectivity index (χ2n) is 8.76. The van der Waals surface area contributed by atoms with Gasteiger partial charge in [0.1, 0.15) is 29.0 Å². The van der Waals surface area contributed by atoms with Crippen LogP contribution < -0.4 is 9.47 Å². The predicted molar refractivity (Wildman–Crippen MR) is 141 cm³/mol. The fraction of sp³-hybridized carbons (Fsp3) is 0.346. The van der Waals surface area contributed by atoms with Crippen LogP contribution in [0.3, 0.4) is 0 Å². The van der Waals surface area contributed by atoms with Crippen LogP contribution >= 0.6 is 0 Å². The van der Waals surface area contributed by atoms with E-state index in [2.05, 4.69) is 25.1 Å². The van der Waals surface area contributed by atoms with E-state index in [-0.39, 0.29) is 11.6 Å². The molecule has 3 aromatic heterocycles. The molecule has 12 heteroatoms. The molecular formula is C26H30N6O5S. The van der Waals surface area contributed by atoms with E-state index in [9.17, 15) is 8.42 Å². The molecule has 1 aromatic carbocycles. The average Bonchev–Trinajstić information content (AvgIpc) is 3.31. The molecule has 0 aliphatic heterocycles. The molecule has 11 nitrogen and oxygen atoms in total. The number of nitrogens with zero attached hydrogens (tertiary/aromatic N) is 6. The van der Waals surface area contributed by atoms with Crippen LogP contribution in [0.5, 0.6) is 11.5 Å². The maximum absolute atomic E-state index is 13.7. The van der Waals surface area contributed by atoms with Crippen molar-refractivity contribution in [2.75, 3.05) is 21.3 Å². The minimum absolute atomic E-state index is 0.184. The Bertz CT molecular complexity index is 1500. The first kappa shape index (κ1) is 27.1. The Hall–Kier alpha value is -3.90. The van der Waals surface area contributed by atoms with Gasteiger partial charge in [-0.25, -0.2) is 18.4 Å². The molecule has 4 rings (SSSR count). The number of sulfone groups is 1. The van der Waals surface area contributed by atoms with E-state index in [4.69, 9.17) is 14.2 Å². The van der Waals surface area contributed by atoms with Crippen molar-refractivity contribution in [1.29, 1.82) is 0 Å². The number of benzene rings is 1. The summed E-state index contributed by atoms with van der Waals surface area (Å²) in [6.07, 6.45) is 4.04. The molecular weight excluding hydrogens is 508 g/mol. The Morgan fingerprint density at radius 1 is 0.947 bits per heavy atom. The number of aryl methyl sites for hydroxylation is 2. The van der Waals surface area contributed by atoms with Gasteiger partial charge < -0.3 is 14.2 Å². The maximum atomic E-state index is 13.7. The normalized spacial score (nSPS) is 13.2. The zero-order valence-corrected chi connectivity index (χ0v) is 22.9. The summed E-state index contributed by atoms with van der Waals surface area (Å²) in [5.41, 5.74) is 2.82. The van der Waals surface area contributed by atoms with Gasteiger partial charge in [-0.05, 0) is 50.6 Å². The van der Waals surface area contributed by atoms with Crippen molar-refractivity contribution in [2.24, 2.45) is 0 Å². The van der Waals surface area contributed by atoms with Crippen LogP contribution in [-0.2, 0) is 20.3 Å². The van der Waals surface area contributed by atoms with Crippen molar-refractivity contribution in [3.63, 3.8) is 0 Å². The first-order valence-corrected chi connectivity index (χ1v) is 13.5. The third-order valence-corrected chi connectivity index (χ3v) is 8.18. The summed E-state index contributed by atoms with van der Waals surface area (Å²) in [5.74, 6) is 1.38. The van der Waals surface area contributed by atoms with Crippen LogP contribution in [0.25, 0.3) is 17.1 Å². The SMILES string of the molecule is COc1cccc(OC)c1-n1c(CS(=O)(=O)[C@@H](C)[C@H](OC)c2ncc(C)cn2)nnc1-c1ccnc(C)c1. The summed E-state index contributed by atoms with van der Waals surface area (Å²) in [5, 5.41) is 7.72. The van der Waals surface area contributed by atoms with E-state index in [0.717, 1.165) is 11.3 Å². The molecule has 0 saturated heterocycles. The quantitative estimate of drug-likeness (QED) is 0.296. The lowest BCUT2D eigenvalue weighted by atomic mass is 10.2. The highest BCUT2D eigenvalue weighted by Gasteiger charge is 2.35. The van der Waals surface area contributed by atoms with Crippen molar-refractivity contribution in [1.82, 2.24) is 29.7 Å². The van der Waals surface area contributed by atoms with Gasteiger partial charge in [0.15, 0.2) is 27.3 Å². The van der Waals surface area contributed by atoms with Crippen molar-refractivity contribution in [2.45, 2.75) is 37.9 Å². The van der Waals surface area contributed by atoms with Gasteiger partial charge in [0.05, 0.1) is 19.5 Å². The van der Waals surface area contributed by atoms with E-state index in [1.54, 1.807) is 54.3 Å². The fourth-order valence-electron chi connectivity index (χ4n) is 4.12. The highest BCUT2D eigenvalue weighted by Crippen LogP contribution is 2.37. The molecule has 0 radical (unpaired) electrons. The molecule has 200 valence electrons. The minimum Gasteiger partial charge on any atom is -0.494 e. The van der Waals surface area contributed by atoms with Gasteiger partial charge in [-0.15, -0.1) is 10.2 Å². The van der Waals surface area contributed by atoms with Crippen LogP contribution in [0.1, 0.15) is 35.9 Å². The molecule has 0 aliphatic rings. The fourth-order valence-corrected chi connectivity index (χ4v) is 5.54. The first-order chi connectivity index (χ1) is 18.2. The molecule has 0 amide bonds. The number of methoxy groups -OCH3 is 3. The summed E-state index contributed by atoms with van der Waals surface area (Å²) < 4.78 is 45.9. The predicted octanol–water partition coefficient (Wildman–Crippen LogP) is 3.44. The highest BCUT2D eigenvalue weighted by molar-refractivity contribution is 7.91. The Balaban J connectivity index is 1.84. The van der Waals surface area contributed by atoms with Crippen molar-refractivity contribution < 1.29 is 22.6 Å². The van der Waals surface area contributed by atoms with Crippen LogP contribution in [-0.4, -0.2) is 64.7 Å². The summed E-state index contributed by atoms with van der Waals surface area (Å²) in [6, 6.07) is 8.93. The number of hydrogen-bond acceptors (Lipinski definition) is 10. The zero-order valence-electron chi connectivity index (χ0n) is 22.1. The summed E-state index contributed by atoms with van der Waals surface area (Å²) in [7, 11) is 0.644. The monoisotopic (exact) mass is 538 g/mol. The van der Waals surface area contributed by atoms with Gasteiger partial charge >= 0.3 is 0 Å². The standard InChI is InChI=1S/C26H30N6O5S/c1-16-13-28-25(29-14-16)24(37-6)18(3)38(33,34)15-22-30-31-26(19-10-11-27-17(2)12-19)32(22)23-20(35-4)8-7-9-21(23)36-5/h7-14,18,24H,15H2,1-6H3/t18-,24-/m0/s1. The van der Waals surface area contributed by atoms with E-state index >= 15 is 0 Å². The molecule has 3 heterocycles. The number of hydrogen-bond donors (Lipinski definition) is 0. The molecule has 0 saturated carbocycles. The van der Waals surface area contributed by atoms with Gasteiger partial charge in [-0.3, -0.25) is 9.55 Å². The second-order valence-corrected chi connectivity index (χ2v) is 11.1. The van der Waals surface area contributed by atoms with Crippen molar-refractivity contribution in [3.05, 3.63) is 71.8 Å². The Morgan fingerprint density at radius 3 is 2.18 bits per heavy atom. The van der Waals surface area contributed by atoms with E-state index in [1.807, 2.05) is 19.9 Å². The van der Waals surface area contributed by atoms with Gasteiger partial charge in [0, 0.05) is 37.0 Å². The van der Waals surface area contributed by atoms with Crippen molar-refractivity contribution in [3.8, 4) is 28.6 Å². The lowest BCUT2D eigenvalue weighted by molar-refractivity contribution is 0.0947. The van der Waals surface area contributed by atoms with Crippen LogP contribution in [0, 0.1) is 13.8 Å². The molecule has 38 heavy (non-hydrogen) atoms. The van der Waals surface area contributed by atoms with Gasteiger partial charge in [-0.2, -0.15) is 0 Å². The number of ether oxygens (including phenoxy) is 3. The smallest absolute Gasteiger partial charge is 0.168 e. The van der Waals surface area contributed by atoms with Crippen LogP contribution in [0.15, 0.2) is 48.9 Å². The first-order valence-electron chi connectivity index (χ1n) is 11.8. The van der Waals surface area contributed by atoms with Gasteiger partial charge in [-0.1, -0.05) is 6.07 Å². The zero-order chi connectivity index (χ0) is 27.4. The van der Waals surface area contributed by atoms with E-state index in [1.165, 1.54) is 21.3 Å². The maximum Gasteiger partial charge on any atom is 0.168 e. The molecule has 0 unspecified atom stereocenters. The minimum atomic E-state index is -3.85. The topological polar surface area (TPSA) is 131 Å². The van der Waals surface area contributed by atoms with E-state index < -0.39 is 26.9 Å². The van der Waals surface area contributed by atoms with Gasteiger partial charge in [0.2, 0.25) is 0 Å². The Kier molecular flexibility index (Phi) is 8.02.